The van der Waals surface area contributed by atoms with E-state index in [9.17, 15) is 14.9 Å². The van der Waals surface area contributed by atoms with Gasteiger partial charge in [-0.1, -0.05) is 0 Å². The van der Waals surface area contributed by atoms with Crippen LogP contribution in [0.5, 0.6) is 0 Å². The molecule has 0 aliphatic carbocycles. The number of fused-ring (bicyclic) bond motifs is 1. The molecule has 0 radical (unpaired) electrons. The summed E-state index contributed by atoms with van der Waals surface area (Å²) in [6.07, 6.45) is 5.22. The molecule has 8 heteroatoms. The van der Waals surface area contributed by atoms with Gasteiger partial charge in [-0.2, -0.15) is 0 Å². The Balaban J connectivity index is 1.74. The second-order valence-electron chi connectivity index (χ2n) is 5.22. The highest BCUT2D eigenvalue weighted by atomic mass is 32.1. The number of nitrogens with one attached hydrogen (secondary N) is 1. The third-order valence-corrected chi connectivity index (χ3v) is 4.47. The normalized spacial score (nSPS) is 12.2. The van der Waals surface area contributed by atoms with Crippen LogP contribution in [0.3, 0.4) is 0 Å². The zero-order chi connectivity index (χ0) is 16.4. The number of carbonyl (C=O) groups is 1. The number of nitrogens with zero attached hydrogens (tertiary/aromatic N) is 3. The summed E-state index contributed by atoms with van der Waals surface area (Å²) < 4.78 is 2.74. The van der Waals surface area contributed by atoms with Crippen molar-refractivity contribution in [1.29, 1.82) is 0 Å². The predicted molar refractivity (Wildman–Crippen MR) is 87.6 cm³/mol. The lowest BCUT2D eigenvalue weighted by Crippen LogP contribution is -2.35. The smallest absolute Gasteiger partial charge is 0.270 e. The lowest BCUT2D eigenvalue weighted by atomic mass is 10.2. The van der Waals surface area contributed by atoms with E-state index in [1.165, 1.54) is 23.5 Å². The molecule has 0 spiro atoms. The van der Waals surface area contributed by atoms with Crippen molar-refractivity contribution in [2.24, 2.45) is 0 Å². The standard InChI is InChI=1S/C15H14N4O3S/c1-10(8-18-5-4-16-9-18)17-15(20)14-7-11-6-12(19(21)22)2-3-13(11)23-14/h2-7,9-10H,8H2,1H3,(H,17,20)/t10-/m1/s1. The number of hydrogen-bond donors (Lipinski definition) is 1. The molecule has 1 N–H and O–H groups in total. The molecule has 1 atom stereocenters. The minimum atomic E-state index is -0.440. The van der Waals surface area contributed by atoms with Crippen LogP contribution in [0, 0.1) is 10.1 Å². The van der Waals surface area contributed by atoms with Crippen molar-refractivity contribution < 1.29 is 9.72 Å². The van der Waals surface area contributed by atoms with E-state index in [4.69, 9.17) is 0 Å². The fourth-order valence-corrected chi connectivity index (χ4v) is 3.25. The Bertz CT molecular complexity index is 857. The molecule has 3 rings (SSSR count). The molecule has 118 valence electrons. The Morgan fingerprint density at radius 1 is 1.48 bits per heavy atom. The number of benzene rings is 1. The summed E-state index contributed by atoms with van der Waals surface area (Å²) in [6.45, 7) is 2.54. The lowest BCUT2D eigenvalue weighted by molar-refractivity contribution is -0.384. The van der Waals surface area contributed by atoms with Crippen LogP contribution >= 0.6 is 11.3 Å². The zero-order valence-electron chi connectivity index (χ0n) is 12.3. The maximum Gasteiger partial charge on any atom is 0.270 e. The number of nitro groups is 1. The molecule has 2 aromatic heterocycles. The van der Waals surface area contributed by atoms with E-state index in [0.29, 0.717) is 16.8 Å². The second kappa shape index (κ2) is 6.17. The minimum Gasteiger partial charge on any atom is -0.347 e. The molecule has 1 amide bonds. The van der Waals surface area contributed by atoms with E-state index in [1.807, 2.05) is 17.7 Å². The van der Waals surface area contributed by atoms with Gasteiger partial charge in [-0.25, -0.2) is 4.98 Å². The maximum absolute atomic E-state index is 12.3. The van der Waals surface area contributed by atoms with E-state index >= 15 is 0 Å². The fourth-order valence-electron chi connectivity index (χ4n) is 2.31. The summed E-state index contributed by atoms with van der Waals surface area (Å²) in [7, 11) is 0. The van der Waals surface area contributed by atoms with Crippen LogP contribution in [0.1, 0.15) is 16.6 Å². The number of aromatic nitrogens is 2. The van der Waals surface area contributed by atoms with Gasteiger partial charge in [0, 0.05) is 47.2 Å². The van der Waals surface area contributed by atoms with Crippen LogP contribution in [-0.2, 0) is 6.54 Å². The molecule has 0 aliphatic heterocycles. The van der Waals surface area contributed by atoms with E-state index in [-0.39, 0.29) is 17.6 Å². The van der Waals surface area contributed by atoms with E-state index in [1.54, 1.807) is 24.7 Å². The van der Waals surface area contributed by atoms with E-state index in [2.05, 4.69) is 10.3 Å². The Morgan fingerprint density at radius 2 is 2.30 bits per heavy atom. The van der Waals surface area contributed by atoms with Gasteiger partial charge in [0.25, 0.3) is 11.6 Å². The average Bonchev–Trinajstić information content (AvgIpc) is 3.14. The second-order valence-corrected chi connectivity index (χ2v) is 6.31. The number of amides is 1. The van der Waals surface area contributed by atoms with Crippen LogP contribution in [0.25, 0.3) is 10.1 Å². The first-order valence-electron chi connectivity index (χ1n) is 6.97. The molecule has 0 unspecified atom stereocenters. The molecule has 2 heterocycles. The summed E-state index contributed by atoms with van der Waals surface area (Å²) in [5, 5.41) is 14.4. The van der Waals surface area contributed by atoms with Crippen LogP contribution in [-0.4, -0.2) is 26.4 Å². The molecular formula is C15H14N4O3S. The Morgan fingerprint density at radius 3 is 3.00 bits per heavy atom. The van der Waals surface area contributed by atoms with Crippen LogP contribution in [0.4, 0.5) is 5.69 Å². The van der Waals surface area contributed by atoms with Crippen LogP contribution in [0.15, 0.2) is 43.0 Å². The highest BCUT2D eigenvalue weighted by Crippen LogP contribution is 2.28. The summed E-state index contributed by atoms with van der Waals surface area (Å²) in [5.74, 6) is -0.179. The number of hydrogen-bond acceptors (Lipinski definition) is 5. The lowest BCUT2D eigenvalue weighted by Gasteiger charge is -2.13. The van der Waals surface area contributed by atoms with Gasteiger partial charge in [0.1, 0.15) is 0 Å². The Kier molecular flexibility index (Phi) is 4.07. The van der Waals surface area contributed by atoms with Crippen molar-refractivity contribution in [2.45, 2.75) is 19.5 Å². The van der Waals surface area contributed by atoms with Gasteiger partial charge in [0.15, 0.2) is 0 Å². The summed E-state index contributed by atoms with van der Waals surface area (Å²) in [6, 6.07) is 6.23. The molecule has 23 heavy (non-hydrogen) atoms. The molecule has 0 fully saturated rings. The Hall–Kier alpha value is -2.74. The molecule has 3 aromatic rings. The van der Waals surface area contributed by atoms with Gasteiger partial charge in [-0.15, -0.1) is 11.3 Å². The Labute approximate surface area is 135 Å². The maximum atomic E-state index is 12.3. The molecule has 0 saturated carbocycles. The number of thiophene rings is 1. The first kappa shape index (κ1) is 15.2. The summed E-state index contributed by atoms with van der Waals surface area (Å²) >= 11 is 1.32. The number of nitro benzene ring substituents is 1. The molecule has 0 aliphatic rings. The first-order valence-corrected chi connectivity index (χ1v) is 7.79. The zero-order valence-corrected chi connectivity index (χ0v) is 13.1. The molecule has 0 saturated heterocycles. The van der Waals surface area contributed by atoms with Gasteiger partial charge in [0.05, 0.1) is 16.1 Å². The average molecular weight is 330 g/mol. The topological polar surface area (TPSA) is 90.1 Å². The van der Waals surface area contributed by atoms with Crippen molar-refractivity contribution in [2.75, 3.05) is 0 Å². The van der Waals surface area contributed by atoms with Gasteiger partial charge in [0.2, 0.25) is 0 Å². The largest absolute Gasteiger partial charge is 0.347 e. The monoisotopic (exact) mass is 330 g/mol. The molecular weight excluding hydrogens is 316 g/mol. The van der Waals surface area contributed by atoms with Crippen LogP contribution in [0.2, 0.25) is 0 Å². The highest BCUT2D eigenvalue weighted by molar-refractivity contribution is 7.20. The molecule has 7 nitrogen and oxygen atoms in total. The number of imidazole rings is 1. The van der Waals surface area contributed by atoms with Gasteiger partial charge in [-0.05, 0) is 19.1 Å². The van der Waals surface area contributed by atoms with Crippen molar-refractivity contribution >= 4 is 33.0 Å². The van der Waals surface area contributed by atoms with Crippen molar-refractivity contribution in [3.8, 4) is 0 Å². The molecule has 1 aromatic carbocycles. The predicted octanol–water partition coefficient (Wildman–Crippen LogP) is 2.82. The quantitative estimate of drug-likeness (QED) is 0.575. The minimum absolute atomic E-state index is 0.0238. The summed E-state index contributed by atoms with van der Waals surface area (Å²) in [5.41, 5.74) is 0.0238. The number of non-ortho nitro benzene ring substituents is 1. The third-order valence-electron chi connectivity index (χ3n) is 3.36. The van der Waals surface area contributed by atoms with E-state index < -0.39 is 4.92 Å². The summed E-state index contributed by atoms with van der Waals surface area (Å²) in [4.78, 5) is 27.2. The van der Waals surface area contributed by atoms with Crippen molar-refractivity contribution in [3.63, 3.8) is 0 Å². The third kappa shape index (κ3) is 3.37. The van der Waals surface area contributed by atoms with Crippen LogP contribution < -0.4 is 5.32 Å². The molecule has 0 bridgehead atoms. The van der Waals surface area contributed by atoms with Crippen molar-refractivity contribution in [3.05, 3.63) is 58.0 Å². The SMILES string of the molecule is C[C@H](Cn1ccnc1)NC(=O)c1cc2cc([N+](=O)[O-])ccc2s1. The van der Waals surface area contributed by atoms with E-state index in [0.717, 1.165) is 4.70 Å². The fraction of sp³-hybridized carbons (Fsp3) is 0.200. The highest BCUT2D eigenvalue weighted by Gasteiger charge is 2.15. The number of rotatable bonds is 5. The van der Waals surface area contributed by atoms with Gasteiger partial charge >= 0.3 is 0 Å². The van der Waals surface area contributed by atoms with Gasteiger partial charge < -0.3 is 9.88 Å². The van der Waals surface area contributed by atoms with Gasteiger partial charge in [-0.3, -0.25) is 14.9 Å². The number of carbonyl (C=O) groups excluding carboxylic acids is 1. The van der Waals surface area contributed by atoms with Crippen molar-refractivity contribution in [1.82, 2.24) is 14.9 Å². The first-order chi connectivity index (χ1) is 11.0.